The molecule has 3 nitrogen and oxygen atoms in total. The lowest BCUT2D eigenvalue weighted by Gasteiger charge is -2.29. The van der Waals surface area contributed by atoms with Gasteiger partial charge in [-0.25, -0.2) is 9.37 Å². The molecule has 0 aliphatic carbocycles. The third-order valence-corrected chi connectivity index (χ3v) is 4.94. The van der Waals surface area contributed by atoms with E-state index in [2.05, 4.69) is 10.3 Å². The summed E-state index contributed by atoms with van der Waals surface area (Å²) in [7, 11) is 0. The fourth-order valence-electron chi connectivity index (χ4n) is 3.32. The van der Waals surface area contributed by atoms with Gasteiger partial charge in [-0.3, -0.25) is 13.6 Å². The lowest BCUT2D eigenvalue weighted by Crippen LogP contribution is -2.42. The largest absolute Gasteiger partial charge is 0.348 e. The smallest absolute Gasteiger partial charge is 0.273 e. The number of amides is 1. The topological polar surface area (TPSA) is 42.0 Å². The van der Waals surface area contributed by atoms with Gasteiger partial charge in [0, 0.05) is 16.8 Å². The lowest BCUT2D eigenvalue weighted by atomic mass is 9.84. The summed E-state index contributed by atoms with van der Waals surface area (Å²) < 4.78 is 41.3. The molecule has 0 saturated carbocycles. The zero-order chi connectivity index (χ0) is 20.9. The van der Waals surface area contributed by atoms with E-state index in [9.17, 15) is 18.0 Å². The van der Waals surface area contributed by atoms with Crippen molar-refractivity contribution in [1.82, 2.24) is 10.3 Å². The predicted molar refractivity (Wildman–Crippen MR) is 108 cm³/mol. The number of carbonyl (C=O) groups excluding carboxylic acids is 1. The molecule has 0 bridgehead atoms. The van der Waals surface area contributed by atoms with Crippen LogP contribution in [0, 0.1) is 11.2 Å². The molecule has 1 atom stereocenters. The molecular formula is C23H23F3N2O. The first kappa shape index (κ1) is 20.8. The fourth-order valence-corrected chi connectivity index (χ4v) is 3.32. The summed E-state index contributed by atoms with van der Waals surface area (Å²) in [6, 6.07) is 16.9. The Morgan fingerprint density at radius 1 is 1.07 bits per heavy atom. The van der Waals surface area contributed by atoms with Gasteiger partial charge in [-0.1, -0.05) is 55.5 Å². The van der Waals surface area contributed by atoms with Crippen molar-refractivity contribution in [2.24, 2.45) is 5.41 Å². The summed E-state index contributed by atoms with van der Waals surface area (Å²) >= 11 is 0. The highest BCUT2D eigenvalue weighted by molar-refractivity contribution is 5.95. The van der Waals surface area contributed by atoms with Crippen molar-refractivity contribution in [3.05, 3.63) is 77.7 Å². The van der Waals surface area contributed by atoms with Crippen LogP contribution >= 0.6 is 0 Å². The minimum absolute atomic E-state index is 0.0792. The Balaban J connectivity index is 1.86. The minimum atomic E-state index is -1.22. The molecule has 152 valence electrons. The van der Waals surface area contributed by atoms with Gasteiger partial charge in [0.05, 0.1) is 18.9 Å². The standard InChI is InChI=1S/C23H23F3N2O/c1-23(14-24,15-25)13-18(11-16-7-3-2-4-8-16)27-22(29)21-19(26)12-17-9-5-6-10-20(17)28-21/h2-10,12,18H,11,13-15H2,1H3,(H,27,29). The van der Waals surface area contributed by atoms with Gasteiger partial charge in [0.2, 0.25) is 0 Å². The molecule has 0 fully saturated rings. The number of hydrogen-bond donors (Lipinski definition) is 1. The van der Waals surface area contributed by atoms with Gasteiger partial charge in [-0.05, 0) is 30.5 Å². The van der Waals surface area contributed by atoms with Gasteiger partial charge in [0.1, 0.15) is 0 Å². The molecule has 3 rings (SSSR count). The molecule has 0 aliphatic rings. The molecule has 2 aromatic carbocycles. The van der Waals surface area contributed by atoms with Crippen LogP contribution in [0.4, 0.5) is 13.2 Å². The molecule has 1 aromatic heterocycles. The first-order valence-corrected chi connectivity index (χ1v) is 9.46. The van der Waals surface area contributed by atoms with E-state index in [1.807, 2.05) is 30.3 Å². The normalized spacial score (nSPS) is 12.7. The van der Waals surface area contributed by atoms with Crippen LogP contribution in [0.5, 0.6) is 0 Å². The number of nitrogens with one attached hydrogen (secondary N) is 1. The fraction of sp³-hybridized carbons (Fsp3) is 0.304. The van der Waals surface area contributed by atoms with Crippen molar-refractivity contribution in [3.8, 4) is 0 Å². The average molecular weight is 400 g/mol. The Morgan fingerprint density at radius 3 is 2.41 bits per heavy atom. The lowest BCUT2D eigenvalue weighted by molar-refractivity contribution is 0.0890. The maximum Gasteiger partial charge on any atom is 0.273 e. The van der Waals surface area contributed by atoms with Crippen LogP contribution < -0.4 is 5.32 Å². The van der Waals surface area contributed by atoms with Crippen LogP contribution in [0.3, 0.4) is 0 Å². The number of nitrogens with zero attached hydrogens (tertiary/aromatic N) is 1. The highest BCUT2D eigenvalue weighted by Crippen LogP contribution is 2.26. The number of carbonyl (C=O) groups is 1. The van der Waals surface area contributed by atoms with Crippen LogP contribution in [-0.4, -0.2) is 30.3 Å². The molecule has 0 radical (unpaired) electrons. The van der Waals surface area contributed by atoms with Crippen molar-refractivity contribution < 1.29 is 18.0 Å². The highest BCUT2D eigenvalue weighted by atomic mass is 19.1. The summed E-state index contributed by atoms with van der Waals surface area (Å²) in [6.07, 6.45) is 0.452. The molecule has 1 unspecified atom stereocenters. The van der Waals surface area contributed by atoms with Crippen molar-refractivity contribution in [3.63, 3.8) is 0 Å². The van der Waals surface area contributed by atoms with Gasteiger partial charge >= 0.3 is 0 Å². The zero-order valence-corrected chi connectivity index (χ0v) is 16.2. The number of hydrogen-bond acceptors (Lipinski definition) is 2. The summed E-state index contributed by atoms with van der Waals surface area (Å²) in [4.78, 5) is 16.9. The third-order valence-electron chi connectivity index (χ3n) is 4.94. The van der Waals surface area contributed by atoms with Crippen LogP contribution in [0.1, 0.15) is 29.4 Å². The minimum Gasteiger partial charge on any atom is -0.348 e. The van der Waals surface area contributed by atoms with Crippen molar-refractivity contribution >= 4 is 16.8 Å². The summed E-state index contributed by atoms with van der Waals surface area (Å²) in [5.41, 5.74) is -0.146. The zero-order valence-electron chi connectivity index (χ0n) is 16.2. The molecule has 1 amide bonds. The molecule has 0 aliphatic heterocycles. The van der Waals surface area contributed by atoms with Gasteiger partial charge in [0.15, 0.2) is 11.5 Å². The van der Waals surface area contributed by atoms with Gasteiger partial charge in [0.25, 0.3) is 5.91 Å². The Bertz CT molecular complexity index is 974. The second kappa shape index (κ2) is 9.07. The molecule has 3 aromatic rings. The highest BCUT2D eigenvalue weighted by Gasteiger charge is 2.30. The van der Waals surface area contributed by atoms with Crippen LogP contribution in [0.25, 0.3) is 10.9 Å². The number of alkyl halides is 2. The van der Waals surface area contributed by atoms with Crippen LogP contribution in [0.2, 0.25) is 0 Å². The molecule has 1 heterocycles. The quantitative estimate of drug-likeness (QED) is 0.575. The van der Waals surface area contributed by atoms with E-state index >= 15 is 0 Å². The first-order chi connectivity index (χ1) is 13.9. The van der Waals surface area contributed by atoms with E-state index in [1.165, 1.54) is 13.0 Å². The van der Waals surface area contributed by atoms with Gasteiger partial charge in [-0.2, -0.15) is 0 Å². The average Bonchev–Trinajstić information content (AvgIpc) is 2.73. The molecule has 1 N–H and O–H groups in total. The van der Waals surface area contributed by atoms with Crippen LogP contribution in [-0.2, 0) is 6.42 Å². The number of pyridine rings is 1. The summed E-state index contributed by atoms with van der Waals surface area (Å²) in [6.45, 7) is -0.216. The monoisotopic (exact) mass is 400 g/mol. The van der Waals surface area contributed by atoms with Crippen molar-refractivity contribution in [2.75, 3.05) is 13.3 Å². The SMILES string of the molecule is CC(CF)(CF)CC(Cc1ccccc1)NC(=O)c1nc2ccccc2cc1F. The second-order valence-electron chi connectivity index (χ2n) is 7.65. The molecule has 0 spiro atoms. The number of rotatable bonds is 8. The molecular weight excluding hydrogens is 377 g/mol. The van der Waals surface area contributed by atoms with E-state index in [-0.39, 0.29) is 12.1 Å². The Labute approximate surface area is 168 Å². The predicted octanol–water partition coefficient (Wildman–Crippen LogP) is 5.05. The summed E-state index contributed by atoms with van der Waals surface area (Å²) in [5, 5.41) is 3.32. The number of para-hydroxylation sites is 1. The maximum absolute atomic E-state index is 14.5. The second-order valence-corrected chi connectivity index (χ2v) is 7.65. The maximum atomic E-state index is 14.5. The van der Waals surface area contributed by atoms with Crippen LogP contribution in [0.15, 0.2) is 60.7 Å². The number of aromatic nitrogens is 1. The third kappa shape index (κ3) is 5.13. The molecule has 29 heavy (non-hydrogen) atoms. The van der Waals surface area contributed by atoms with Gasteiger partial charge in [-0.15, -0.1) is 0 Å². The van der Waals surface area contributed by atoms with E-state index in [0.29, 0.717) is 17.3 Å². The number of fused-ring (bicyclic) bond motifs is 1. The number of benzene rings is 2. The Hall–Kier alpha value is -2.89. The van der Waals surface area contributed by atoms with Crippen molar-refractivity contribution in [2.45, 2.75) is 25.8 Å². The van der Waals surface area contributed by atoms with Gasteiger partial charge < -0.3 is 5.32 Å². The Morgan fingerprint density at radius 2 is 1.72 bits per heavy atom. The molecule has 6 heteroatoms. The van der Waals surface area contributed by atoms with E-state index in [1.54, 1.807) is 24.3 Å². The first-order valence-electron chi connectivity index (χ1n) is 9.46. The van der Waals surface area contributed by atoms with E-state index < -0.39 is 36.5 Å². The van der Waals surface area contributed by atoms with E-state index in [0.717, 1.165) is 5.56 Å². The summed E-state index contributed by atoms with van der Waals surface area (Å²) in [5.74, 6) is -1.44. The molecule has 0 saturated heterocycles. The van der Waals surface area contributed by atoms with Crippen molar-refractivity contribution in [1.29, 1.82) is 0 Å². The van der Waals surface area contributed by atoms with E-state index in [4.69, 9.17) is 0 Å². The number of halogens is 3. The Kier molecular flexibility index (Phi) is 6.52.